The van der Waals surface area contributed by atoms with Crippen LogP contribution < -0.4 is 15.2 Å². The monoisotopic (exact) mass is 460 g/mol. The second-order valence-corrected chi connectivity index (χ2v) is 8.73. The molecule has 2 aromatic heterocycles. The Morgan fingerprint density at radius 2 is 1.79 bits per heavy atom. The van der Waals surface area contributed by atoms with Crippen LogP contribution in [0, 0.1) is 0 Å². The van der Waals surface area contributed by atoms with Crippen LogP contribution in [0.4, 0.5) is 5.82 Å². The molecule has 0 saturated carbocycles. The molecule has 1 saturated heterocycles. The number of benzene rings is 1. The number of carbonyl (C=O) groups excluding carboxylic acids is 1. The maximum absolute atomic E-state index is 13.2. The average Bonchev–Trinajstić information content (AvgIpc) is 3.35. The highest BCUT2D eigenvalue weighted by Gasteiger charge is 2.28. The summed E-state index contributed by atoms with van der Waals surface area (Å²) in [7, 11) is 1.64. The zero-order chi connectivity index (χ0) is 23.7. The summed E-state index contributed by atoms with van der Waals surface area (Å²) in [6.07, 6.45) is 4.35. The molecule has 1 unspecified atom stereocenters. The van der Waals surface area contributed by atoms with Crippen LogP contribution >= 0.6 is 0 Å². The van der Waals surface area contributed by atoms with Gasteiger partial charge in [-0.05, 0) is 56.0 Å². The third kappa shape index (κ3) is 4.25. The van der Waals surface area contributed by atoms with Crippen molar-refractivity contribution >= 4 is 11.7 Å². The van der Waals surface area contributed by atoms with Gasteiger partial charge in [0.1, 0.15) is 23.9 Å². The molecule has 9 heteroatoms. The van der Waals surface area contributed by atoms with E-state index in [4.69, 9.17) is 4.74 Å². The molecule has 3 heterocycles. The van der Waals surface area contributed by atoms with Gasteiger partial charge >= 0.3 is 0 Å². The van der Waals surface area contributed by atoms with Gasteiger partial charge in [-0.25, -0.2) is 14.6 Å². The number of piperazine rings is 1. The van der Waals surface area contributed by atoms with Crippen LogP contribution in [0.15, 0.2) is 47.5 Å². The number of ether oxygens (including phenoxy) is 1. The summed E-state index contributed by atoms with van der Waals surface area (Å²) in [5.41, 5.74) is 3.59. The fraction of sp³-hybridized carbons (Fsp3) is 0.400. The minimum absolute atomic E-state index is 0.0752. The number of methoxy groups -OCH3 is 1. The number of rotatable bonds is 5. The van der Waals surface area contributed by atoms with Crippen molar-refractivity contribution in [3.63, 3.8) is 0 Å². The van der Waals surface area contributed by atoms with Crippen LogP contribution in [0.5, 0.6) is 5.75 Å². The zero-order valence-electron chi connectivity index (χ0n) is 19.5. The summed E-state index contributed by atoms with van der Waals surface area (Å²) < 4.78 is 6.58. The van der Waals surface area contributed by atoms with Crippen LogP contribution in [0.1, 0.15) is 30.6 Å². The average molecular weight is 461 g/mol. The number of aromatic nitrogens is 4. The third-order valence-corrected chi connectivity index (χ3v) is 6.66. The molecule has 176 valence electrons. The lowest BCUT2D eigenvalue weighted by atomic mass is 10.1. The molecule has 0 N–H and O–H groups in total. The first kappa shape index (κ1) is 22.1. The number of anilines is 1. The standard InChI is InChI=1S/C25H28N6O3/c1-17(31-24(32)14-19-4-3-5-21(19)28-31)25(33)30-12-10-29(11-13-30)23-15-22(26-16-27-23)18-6-8-20(34-2)9-7-18/h6-9,14-17H,3-5,10-13H2,1-2H3. The second-order valence-electron chi connectivity index (χ2n) is 8.73. The Labute approximate surface area is 198 Å². The Morgan fingerprint density at radius 1 is 1.03 bits per heavy atom. The van der Waals surface area contributed by atoms with Gasteiger partial charge in [0, 0.05) is 43.9 Å². The van der Waals surface area contributed by atoms with Crippen molar-refractivity contribution in [3.8, 4) is 17.0 Å². The molecule has 9 nitrogen and oxygen atoms in total. The van der Waals surface area contributed by atoms with E-state index in [2.05, 4.69) is 20.0 Å². The van der Waals surface area contributed by atoms with Crippen LogP contribution in [-0.4, -0.2) is 63.8 Å². The second kappa shape index (κ2) is 9.24. The van der Waals surface area contributed by atoms with Crippen molar-refractivity contribution in [2.45, 2.75) is 32.2 Å². The van der Waals surface area contributed by atoms with E-state index in [1.807, 2.05) is 35.2 Å². The van der Waals surface area contributed by atoms with Crippen molar-refractivity contribution in [2.24, 2.45) is 0 Å². The van der Waals surface area contributed by atoms with E-state index in [0.717, 1.165) is 53.3 Å². The molecule has 1 atom stereocenters. The SMILES string of the molecule is COc1ccc(-c2cc(N3CCN(C(=O)C(C)n4nc5c(cc4=O)CCC5)CC3)ncn2)cc1. The maximum atomic E-state index is 13.2. The minimum Gasteiger partial charge on any atom is -0.497 e. The van der Waals surface area contributed by atoms with Crippen molar-refractivity contribution < 1.29 is 9.53 Å². The van der Waals surface area contributed by atoms with Crippen molar-refractivity contribution in [1.82, 2.24) is 24.6 Å². The smallest absolute Gasteiger partial charge is 0.267 e. The van der Waals surface area contributed by atoms with E-state index < -0.39 is 6.04 Å². The first-order chi connectivity index (χ1) is 16.5. The van der Waals surface area contributed by atoms with E-state index in [1.54, 1.807) is 26.4 Å². The van der Waals surface area contributed by atoms with Gasteiger partial charge < -0.3 is 14.5 Å². The van der Waals surface area contributed by atoms with Gasteiger partial charge in [0.2, 0.25) is 5.91 Å². The topological polar surface area (TPSA) is 93.5 Å². The summed E-state index contributed by atoms with van der Waals surface area (Å²) in [4.78, 5) is 38.5. The summed E-state index contributed by atoms with van der Waals surface area (Å²) in [5.74, 6) is 1.55. The van der Waals surface area contributed by atoms with E-state index in [1.165, 1.54) is 4.68 Å². The minimum atomic E-state index is -0.620. The first-order valence-electron chi connectivity index (χ1n) is 11.7. The number of nitrogens with zero attached hydrogens (tertiary/aromatic N) is 6. The van der Waals surface area contributed by atoms with Gasteiger partial charge in [0.25, 0.3) is 5.56 Å². The van der Waals surface area contributed by atoms with Crippen molar-refractivity contribution in [2.75, 3.05) is 38.2 Å². The fourth-order valence-corrected chi connectivity index (χ4v) is 4.66. The number of aryl methyl sites for hydroxylation is 2. The number of amides is 1. The lowest BCUT2D eigenvalue weighted by Crippen LogP contribution is -2.51. The lowest BCUT2D eigenvalue weighted by molar-refractivity contribution is -0.135. The Balaban J connectivity index is 1.25. The van der Waals surface area contributed by atoms with Gasteiger partial charge in [-0.15, -0.1) is 0 Å². The van der Waals surface area contributed by atoms with Gasteiger partial charge in [-0.1, -0.05) is 0 Å². The number of carbonyl (C=O) groups is 1. The maximum Gasteiger partial charge on any atom is 0.267 e. The van der Waals surface area contributed by atoms with E-state index in [0.29, 0.717) is 26.2 Å². The first-order valence-corrected chi connectivity index (χ1v) is 11.7. The van der Waals surface area contributed by atoms with Crippen molar-refractivity contribution in [1.29, 1.82) is 0 Å². The molecule has 1 amide bonds. The molecule has 1 aromatic carbocycles. The van der Waals surface area contributed by atoms with Crippen LogP contribution in [0.2, 0.25) is 0 Å². The summed E-state index contributed by atoms with van der Waals surface area (Å²) >= 11 is 0. The molecule has 1 aliphatic carbocycles. The predicted octanol–water partition coefficient (Wildman–Crippen LogP) is 2.11. The third-order valence-electron chi connectivity index (χ3n) is 6.66. The molecule has 3 aromatic rings. The quantitative estimate of drug-likeness (QED) is 0.576. The Morgan fingerprint density at radius 3 is 2.53 bits per heavy atom. The van der Waals surface area contributed by atoms with Crippen LogP contribution in [-0.2, 0) is 17.6 Å². The van der Waals surface area contributed by atoms with Gasteiger partial charge in [-0.2, -0.15) is 5.10 Å². The Bertz CT molecular complexity index is 1250. The predicted molar refractivity (Wildman–Crippen MR) is 128 cm³/mol. The van der Waals surface area contributed by atoms with Crippen LogP contribution in [0.3, 0.4) is 0 Å². The highest BCUT2D eigenvalue weighted by Crippen LogP contribution is 2.24. The molecule has 34 heavy (non-hydrogen) atoms. The molecule has 0 radical (unpaired) electrons. The van der Waals surface area contributed by atoms with Gasteiger partial charge in [0.05, 0.1) is 18.5 Å². The number of fused-ring (bicyclic) bond motifs is 1. The van der Waals surface area contributed by atoms with E-state index in [9.17, 15) is 9.59 Å². The molecule has 2 aliphatic rings. The van der Waals surface area contributed by atoms with E-state index >= 15 is 0 Å². The number of hydrogen-bond acceptors (Lipinski definition) is 7. The molecule has 1 aliphatic heterocycles. The summed E-state index contributed by atoms with van der Waals surface area (Å²) in [6.45, 7) is 4.19. The lowest BCUT2D eigenvalue weighted by Gasteiger charge is -2.36. The summed E-state index contributed by atoms with van der Waals surface area (Å²) in [5, 5.41) is 4.50. The molecule has 0 bridgehead atoms. The molecule has 5 rings (SSSR count). The molecule has 1 fully saturated rings. The Hall–Kier alpha value is -3.75. The number of hydrogen-bond donors (Lipinski definition) is 0. The van der Waals surface area contributed by atoms with E-state index in [-0.39, 0.29) is 11.5 Å². The Kier molecular flexibility index (Phi) is 6.00. The highest BCUT2D eigenvalue weighted by atomic mass is 16.5. The fourth-order valence-electron chi connectivity index (χ4n) is 4.66. The molecular weight excluding hydrogens is 432 g/mol. The summed E-state index contributed by atoms with van der Waals surface area (Å²) in [6, 6.07) is 10.7. The van der Waals surface area contributed by atoms with Crippen molar-refractivity contribution in [3.05, 3.63) is 64.3 Å². The molecular formula is C25H28N6O3. The largest absolute Gasteiger partial charge is 0.497 e. The van der Waals surface area contributed by atoms with Gasteiger partial charge in [-0.3, -0.25) is 9.59 Å². The zero-order valence-corrected chi connectivity index (χ0v) is 19.5. The normalized spacial score (nSPS) is 16.3. The highest BCUT2D eigenvalue weighted by molar-refractivity contribution is 5.80. The van der Waals surface area contributed by atoms with Gasteiger partial charge in [0.15, 0.2) is 0 Å². The van der Waals surface area contributed by atoms with Crippen LogP contribution in [0.25, 0.3) is 11.3 Å². The molecule has 0 spiro atoms.